The van der Waals surface area contributed by atoms with Crippen LogP contribution in [0.15, 0.2) is 71.8 Å². The van der Waals surface area contributed by atoms with E-state index >= 15 is 0 Å². The molecule has 2 saturated heterocycles. The molecule has 5 heterocycles. The fourth-order valence-corrected chi connectivity index (χ4v) is 7.14. The van der Waals surface area contributed by atoms with E-state index in [1.54, 1.807) is 19.5 Å². The van der Waals surface area contributed by atoms with E-state index in [0.717, 1.165) is 18.4 Å². The average Bonchev–Trinajstić information content (AvgIpc) is 3.75. The Morgan fingerprint density at radius 1 is 0.804 bits per heavy atom. The number of hydrogen-bond donors (Lipinski definition) is 4. The topological polar surface area (TPSA) is 152 Å². The molecule has 2 aliphatic heterocycles. The van der Waals surface area contributed by atoms with Crippen molar-refractivity contribution in [2.24, 2.45) is 0 Å². The molecule has 0 radical (unpaired) electrons. The molecule has 4 N–H and O–H groups in total. The lowest BCUT2D eigenvalue weighted by Crippen LogP contribution is -2.35. The summed E-state index contributed by atoms with van der Waals surface area (Å²) in [6, 6.07) is 16.6. The zero-order chi connectivity index (χ0) is 35.5. The number of rotatable bonds is 12. The van der Waals surface area contributed by atoms with E-state index in [2.05, 4.69) is 26.3 Å². The molecule has 2 unspecified atom stereocenters. The highest BCUT2D eigenvalue weighted by atomic mass is 35.5. The molecule has 262 valence electrons. The summed E-state index contributed by atoms with van der Waals surface area (Å²) in [5.74, 6) is 0.525. The molecule has 2 fully saturated rings. The average molecular weight is 728 g/mol. The zero-order valence-corrected chi connectivity index (χ0v) is 29.4. The molecule has 0 aliphatic carbocycles. The summed E-state index contributed by atoms with van der Waals surface area (Å²) in [6.45, 7) is 2.25. The van der Waals surface area contributed by atoms with Crippen LogP contribution < -0.4 is 31.6 Å². The summed E-state index contributed by atoms with van der Waals surface area (Å²) in [5.41, 5.74) is 5.36. The van der Waals surface area contributed by atoms with Crippen molar-refractivity contribution in [2.75, 3.05) is 20.2 Å². The number of carbonyl (C=O) groups is 2. The molecular formula is C37H36Cl2N8O4. The van der Waals surface area contributed by atoms with E-state index in [-0.39, 0.29) is 29.5 Å². The second kappa shape index (κ2) is 15.2. The molecule has 0 bridgehead atoms. The first-order valence-corrected chi connectivity index (χ1v) is 17.5. The summed E-state index contributed by atoms with van der Waals surface area (Å²) in [6.07, 6.45) is 6.15. The molecule has 14 heteroatoms. The van der Waals surface area contributed by atoms with Gasteiger partial charge < -0.3 is 26.0 Å². The summed E-state index contributed by atoms with van der Waals surface area (Å²) in [5, 5.41) is 13.4. The molecule has 2 atom stereocenters. The lowest BCUT2D eigenvalue weighted by Gasteiger charge is -2.15. The Hall–Kier alpha value is -4.88. The molecule has 0 saturated carbocycles. The van der Waals surface area contributed by atoms with E-state index < -0.39 is 0 Å². The van der Waals surface area contributed by atoms with Crippen molar-refractivity contribution in [2.45, 2.75) is 50.9 Å². The minimum Gasteiger partial charge on any atom is -0.480 e. The quantitative estimate of drug-likeness (QED) is 0.145. The Morgan fingerprint density at radius 3 is 2.02 bits per heavy atom. The lowest BCUT2D eigenvalue weighted by atomic mass is 9.98. The molecule has 51 heavy (non-hydrogen) atoms. The van der Waals surface area contributed by atoms with E-state index in [1.807, 2.05) is 48.5 Å². The van der Waals surface area contributed by atoms with Crippen molar-refractivity contribution in [3.8, 4) is 39.5 Å². The summed E-state index contributed by atoms with van der Waals surface area (Å²) in [4.78, 5) is 50.4. The van der Waals surface area contributed by atoms with Gasteiger partial charge in [0.2, 0.25) is 17.7 Å². The van der Waals surface area contributed by atoms with E-state index in [4.69, 9.17) is 37.9 Å². The zero-order valence-electron chi connectivity index (χ0n) is 27.8. The van der Waals surface area contributed by atoms with Crippen LogP contribution in [0.5, 0.6) is 5.88 Å². The predicted octanol–water partition coefficient (Wildman–Crippen LogP) is 4.54. The number of fused-ring (bicyclic) bond motifs is 1. The number of aromatic nitrogens is 4. The largest absolute Gasteiger partial charge is 0.480 e. The third-order valence-corrected chi connectivity index (χ3v) is 9.95. The molecular weight excluding hydrogens is 691 g/mol. The molecule has 2 aliphatic rings. The number of hydrogen-bond acceptors (Lipinski definition) is 9. The fraction of sp³-hybridized carbons (Fsp3) is 0.297. The summed E-state index contributed by atoms with van der Waals surface area (Å²) in [7, 11) is 1.54. The van der Waals surface area contributed by atoms with E-state index in [9.17, 15) is 14.4 Å². The summed E-state index contributed by atoms with van der Waals surface area (Å²) < 4.78 is 7.09. The first-order valence-electron chi connectivity index (χ1n) is 16.8. The van der Waals surface area contributed by atoms with Crippen molar-refractivity contribution < 1.29 is 14.3 Å². The molecule has 3 aromatic heterocycles. The molecule has 2 aromatic carbocycles. The second-order valence-electron chi connectivity index (χ2n) is 12.7. The SMILES string of the molecule is COc1nc(-c2cccc(-c3cccc(-c4cc(=O)n5cc(CNCC6CCC(=O)N6)ccc5n4)c3Cl)c2Cl)cnc1CNCC1CCC(=O)N1. The van der Waals surface area contributed by atoms with Crippen LogP contribution in [-0.2, 0) is 22.7 Å². The minimum atomic E-state index is -0.238. The number of methoxy groups -OCH3 is 1. The first kappa shape index (κ1) is 34.6. The van der Waals surface area contributed by atoms with Gasteiger partial charge in [0.05, 0.1) is 34.7 Å². The monoisotopic (exact) mass is 726 g/mol. The maximum absolute atomic E-state index is 13.3. The minimum absolute atomic E-state index is 0.0735. The van der Waals surface area contributed by atoms with Gasteiger partial charge in [-0.05, 0) is 24.5 Å². The van der Waals surface area contributed by atoms with E-state index in [0.29, 0.717) is 99.9 Å². The standard InChI is InChI=1S/C37H36Cl2N8O4/c1-51-37-30(18-41-17-23-10-13-33(49)44-23)42-19-29(46-37)27-7-3-5-25(36(27)39)24-4-2-6-26(35(24)38)28-14-34(50)47-20-21(8-11-31(47)45-28)15-40-16-22-9-12-32(48)43-22/h2-8,11,14,19-20,22-23,40-41H,9-10,12-13,15-18H2,1H3,(H,43,48)(H,44,49). The van der Waals surface area contributed by atoms with Crippen LogP contribution in [0.1, 0.15) is 36.9 Å². The second-order valence-corrected chi connectivity index (χ2v) is 13.4. The van der Waals surface area contributed by atoms with Crippen LogP contribution in [0.4, 0.5) is 0 Å². The number of benzene rings is 2. The predicted molar refractivity (Wildman–Crippen MR) is 196 cm³/mol. The Morgan fingerprint density at radius 2 is 1.41 bits per heavy atom. The Balaban J connectivity index is 1.11. The number of nitrogens with zero attached hydrogens (tertiary/aromatic N) is 4. The Bertz CT molecular complexity index is 2190. The van der Waals surface area contributed by atoms with E-state index in [1.165, 1.54) is 10.5 Å². The first-order chi connectivity index (χ1) is 24.8. The van der Waals surface area contributed by atoms with Gasteiger partial charge in [-0.2, -0.15) is 0 Å². The number of amides is 2. The van der Waals surface area contributed by atoms with Gasteiger partial charge in [-0.15, -0.1) is 0 Å². The molecule has 5 aromatic rings. The van der Waals surface area contributed by atoms with Gasteiger partial charge in [-0.25, -0.2) is 9.97 Å². The third kappa shape index (κ3) is 7.59. The number of halogens is 2. The number of nitrogens with one attached hydrogen (secondary N) is 4. The maximum Gasteiger partial charge on any atom is 0.258 e. The van der Waals surface area contributed by atoms with Gasteiger partial charge in [0.25, 0.3) is 5.56 Å². The highest BCUT2D eigenvalue weighted by Crippen LogP contribution is 2.42. The van der Waals surface area contributed by atoms with Crippen molar-refractivity contribution in [3.05, 3.63) is 98.6 Å². The van der Waals surface area contributed by atoms with Crippen molar-refractivity contribution in [1.29, 1.82) is 0 Å². The summed E-state index contributed by atoms with van der Waals surface area (Å²) >= 11 is 14.1. The van der Waals surface area contributed by atoms with Gasteiger partial charge in [-0.1, -0.05) is 65.7 Å². The van der Waals surface area contributed by atoms with Crippen LogP contribution in [0.25, 0.3) is 39.3 Å². The smallest absolute Gasteiger partial charge is 0.258 e. The Kier molecular flexibility index (Phi) is 10.3. The van der Waals surface area contributed by atoms with Crippen molar-refractivity contribution in [1.82, 2.24) is 40.6 Å². The van der Waals surface area contributed by atoms with Crippen LogP contribution in [0.2, 0.25) is 10.0 Å². The normalized spacial score (nSPS) is 17.2. The van der Waals surface area contributed by atoms with Crippen LogP contribution in [0, 0.1) is 0 Å². The molecule has 12 nitrogen and oxygen atoms in total. The van der Waals surface area contributed by atoms with Gasteiger partial charge in [0, 0.05) is 85.6 Å². The number of carbonyl (C=O) groups excluding carboxylic acids is 2. The highest BCUT2D eigenvalue weighted by molar-refractivity contribution is 6.39. The maximum atomic E-state index is 13.3. The van der Waals surface area contributed by atoms with Gasteiger partial charge in [0.15, 0.2) is 0 Å². The fourth-order valence-electron chi connectivity index (χ4n) is 6.49. The number of ether oxygens (including phenoxy) is 1. The molecule has 2 amide bonds. The molecule has 0 spiro atoms. The van der Waals surface area contributed by atoms with Gasteiger partial charge >= 0.3 is 0 Å². The van der Waals surface area contributed by atoms with Crippen LogP contribution >= 0.6 is 23.2 Å². The number of pyridine rings is 1. The van der Waals surface area contributed by atoms with Crippen LogP contribution in [0.3, 0.4) is 0 Å². The Labute approximate surface area is 304 Å². The third-order valence-electron chi connectivity index (χ3n) is 9.14. The van der Waals surface area contributed by atoms with Crippen molar-refractivity contribution >= 4 is 40.7 Å². The molecule has 7 rings (SSSR count). The van der Waals surface area contributed by atoms with Gasteiger partial charge in [-0.3, -0.25) is 23.8 Å². The van der Waals surface area contributed by atoms with Gasteiger partial charge in [0.1, 0.15) is 11.3 Å². The van der Waals surface area contributed by atoms with Crippen LogP contribution in [-0.4, -0.2) is 63.4 Å². The van der Waals surface area contributed by atoms with Crippen molar-refractivity contribution in [3.63, 3.8) is 0 Å². The highest BCUT2D eigenvalue weighted by Gasteiger charge is 2.22. The lowest BCUT2D eigenvalue weighted by molar-refractivity contribution is -0.120.